The van der Waals surface area contributed by atoms with E-state index in [9.17, 15) is 49.8 Å². The van der Waals surface area contributed by atoms with Crippen LogP contribution in [-0.4, -0.2) is 132 Å². The number of hydrogen-bond donors (Lipinski definition) is 6. The molecule has 0 radical (unpaired) electrons. The number of ether oxygens (including phenoxy) is 2. The highest BCUT2D eigenvalue weighted by Crippen LogP contribution is 2.73. The van der Waals surface area contributed by atoms with E-state index >= 15 is 17.6 Å². The van der Waals surface area contributed by atoms with Gasteiger partial charge in [-0.05, 0) is 114 Å². The van der Waals surface area contributed by atoms with E-state index in [2.05, 4.69) is 0 Å². The Morgan fingerprint density at radius 3 is 1.57 bits per heavy atom. The molecule has 12 nitrogen and oxygen atoms in total. The van der Waals surface area contributed by atoms with E-state index in [0.717, 1.165) is 18.2 Å². The summed E-state index contributed by atoms with van der Waals surface area (Å²) in [7, 11) is 0. The zero-order chi connectivity index (χ0) is 45.1. The van der Waals surface area contributed by atoms with E-state index in [-0.39, 0.29) is 49.7 Å². The lowest BCUT2D eigenvalue weighted by Gasteiger charge is -2.63. The van der Waals surface area contributed by atoms with Crippen LogP contribution in [0.1, 0.15) is 80.1 Å². The third kappa shape index (κ3) is 5.21. The fourth-order valence-corrected chi connectivity index (χ4v) is 14.8. The number of carbonyl (C=O) groups excluding carboxylic acids is 4. The molecule has 61 heavy (non-hydrogen) atoms. The molecule has 0 aromatic rings. The molecule has 0 aromatic heterocycles. The average Bonchev–Trinajstić information content (AvgIpc) is 3.69. The molecule has 0 aromatic carbocycles. The van der Waals surface area contributed by atoms with Crippen molar-refractivity contribution in [3.8, 4) is 0 Å². The number of ketones is 4. The van der Waals surface area contributed by atoms with Gasteiger partial charge in [-0.1, -0.05) is 26.0 Å². The lowest BCUT2D eigenvalue weighted by molar-refractivity contribution is -0.248. The Bertz CT molecular complexity index is 2090. The first kappa shape index (κ1) is 44.6. The lowest BCUT2D eigenvalue weighted by atomic mass is 9.44. The number of fused-ring (bicyclic) bond motifs is 12. The SMILES string of the molecule is CC1(C)O[C@@H]2C[C@H]3[C@@H]4C[C@H](F)C5=CC(=O)C=C[C@]5(C)[C@@]4(F)[C@@H](O)C[C@]3(C)[C@]2(C(=O)CO)O1.C[C@]12C=CC(=O)C=C1[C@@H](F)C[C@H]1[C@@H]3C[C@@H](O)[C@](O)(C(=O)CO)[C@@]3(C)C[C@H](O)[C@@]12F. The summed E-state index contributed by atoms with van der Waals surface area (Å²) in [4.78, 5) is 49.2. The number of rotatable bonds is 4. The molecule has 0 bridgehead atoms. The van der Waals surface area contributed by atoms with Gasteiger partial charge in [-0.2, -0.15) is 0 Å². The smallest absolute Gasteiger partial charge is 0.193 e. The van der Waals surface area contributed by atoms with Gasteiger partial charge in [0.15, 0.2) is 51.5 Å². The molecule has 1 saturated heterocycles. The van der Waals surface area contributed by atoms with Gasteiger partial charge in [0.05, 0.1) is 24.4 Å². The Labute approximate surface area is 350 Å². The third-order valence-corrected chi connectivity index (χ3v) is 17.6. The Kier molecular flexibility index (Phi) is 9.91. The van der Waals surface area contributed by atoms with E-state index in [1.165, 1.54) is 39.0 Å². The van der Waals surface area contributed by atoms with Crippen LogP contribution in [0.4, 0.5) is 17.6 Å². The number of allylic oxidation sites excluding steroid dienone is 8. The minimum absolute atomic E-state index is 0.0216. The summed E-state index contributed by atoms with van der Waals surface area (Å²) in [6.07, 6.45) is -2.36. The number of Topliss-reactive ketones (excluding diaryl/α,β-unsaturated/α-hetero) is 2. The molecule has 16 heteroatoms. The van der Waals surface area contributed by atoms with Crippen molar-refractivity contribution < 1.29 is 76.9 Å². The monoisotopic (exact) mass is 864 g/mol. The largest absolute Gasteiger partial charge is 0.390 e. The molecule has 1 aliphatic heterocycles. The second-order valence-electron chi connectivity index (χ2n) is 20.5. The van der Waals surface area contributed by atoms with Crippen LogP contribution in [-0.2, 0) is 28.7 Å². The van der Waals surface area contributed by atoms with Gasteiger partial charge in [-0.15, -0.1) is 0 Å². The molecule has 9 rings (SSSR count). The molecule has 8 aliphatic carbocycles. The minimum atomic E-state index is -2.37. The Balaban J connectivity index is 0.000000169. The van der Waals surface area contributed by atoms with Gasteiger partial charge >= 0.3 is 0 Å². The average molecular weight is 865 g/mol. The van der Waals surface area contributed by atoms with Crippen molar-refractivity contribution in [2.24, 2.45) is 45.3 Å². The molecule has 6 saturated carbocycles. The molecule has 18 atom stereocenters. The molecule has 0 unspecified atom stereocenters. The minimum Gasteiger partial charge on any atom is -0.390 e. The first-order valence-corrected chi connectivity index (χ1v) is 21.1. The third-order valence-electron chi connectivity index (χ3n) is 17.6. The number of aliphatic hydroxyl groups is 6. The second-order valence-corrected chi connectivity index (χ2v) is 20.5. The van der Waals surface area contributed by atoms with Gasteiger partial charge in [-0.25, -0.2) is 17.6 Å². The van der Waals surface area contributed by atoms with Crippen molar-refractivity contribution in [2.45, 2.75) is 145 Å². The van der Waals surface area contributed by atoms with E-state index in [1.54, 1.807) is 20.8 Å². The van der Waals surface area contributed by atoms with Gasteiger partial charge in [-0.3, -0.25) is 19.2 Å². The maximum atomic E-state index is 17.1. The van der Waals surface area contributed by atoms with Crippen LogP contribution >= 0.6 is 0 Å². The number of halogens is 4. The quantitative estimate of drug-likeness (QED) is 0.226. The Hall–Kier alpha value is -2.96. The number of alkyl halides is 4. The molecule has 9 aliphatic rings. The van der Waals surface area contributed by atoms with Crippen LogP contribution in [0.2, 0.25) is 0 Å². The zero-order valence-electron chi connectivity index (χ0n) is 35.0. The van der Waals surface area contributed by atoms with Crippen molar-refractivity contribution in [1.82, 2.24) is 0 Å². The van der Waals surface area contributed by atoms with Crippen LogP contribution < -0.4 is 0 Å². The summed E-state index contributed by atoms with van der Waals surface area (Å²) in [5.41, 5.74) is -14.1. The van der Waals surface area contributed by atoms with Crippen molar-refractivity contribution in [1.29, 1.82) is 0 Å². The lowest BCUT2D eigenvalue weighted by Crippen LogP contribution is -2.71. The molecule has 6 N–H and O–H groups in total. The predicted octanol–water partition coefficient (Wildman–Crippen LogP) is 2.94. The van der Waals surface area contributed by atoms with Crippen LogP contribution in [0, 0.1) is 45.3 Å². The Morgan fingerprint density at radius 2 is 1.11 bits per heavy atom. The highest BCUT2D eigenvalue weighted by molar-refractivity contribution is 6.02. The summed E-state index contributed by atoms with van der Waals surface area (Å²) < 4.78 is 76.8. The van der Waals surface area contributed by atoms with Crippen LogP contribution in [0.15, 0.2) is 47.6 Å². The molecule has 1 heterocycles. The van der Waals surface area contributed by atoms with Gasteiger partial charge < -0.3 is 40.1 Å². The summed E-state index contributed by atoms with van der Waals surface area (Å²) >= 11 is 0. The summed E-state index contributed by atoms with van der Waals surface area (Å²) in [5.74, 6) is -6.90. The highest BCUT2D eigenvalue weighted by atomic mass is 19.2. The molecular formula is C45H56F4O12. The predicted molar refractivity (Wildman–Crippen MR) is 206 cm³/mol. The first-order chi connectivity index (χ1) is 28.1. The zero-order valence-corrected chi connectivity index (χ0v) is 35.0. The number of hydrogen-bond acceptors (Lipinski definition) is 12. The van der Waals surface area contributed by atoms with Gasteiger partial charge in [0.2, 0.25) is 0 Å². The molecule has 0 amide bonds. The summed E-state index contributed by atoms with van der Waals surface area (Å²) in [6, 6.07) is 0. The van der Waals surface area contributed by atoms with Crippen LogP contribution in [0.3, 0.4) is 0 Å². The Morgan fingerprint density at radius 1 is 0.672 bits per heavy atom. The number of aliphatic hydroxyl groups excluding tert-OH is 5. The standard InChI is InChI=1S/C24H30F2O6.C21H26F2O6/c1-20(2)31-19-9-13-14-8-16(25)15-7-12(28)5-6-21(15,3)23(14,26)17(29)10-22(13,4)24(19,32-20)18(30)11-27;1-18-4-3-10(25)5-13(18)14(22)6-12-11-7-15(26)21(29,17(28)9-24)19(11,2)8-16(27)20(12,18)23/h5-7,13-14,16-17,19,27,29H,8-11H2,1-4H3;3-5,11-12,14-16,24,26-27,29H,6-9H2,1-2H3/t13-,14-,16-,17-,19+,21-,22-,23-,24+;11-,12-,14-,15+,16-,18-,19-,20-,21-/m00/s1. The molecule has 0 spiro atoms. The van der Waals surface area contributed by atoms with Crippen LogP contribution in [0.5, 0.6) is 0 Å². The van der Waals surface area contributed by atoms with Crippen molar-refractivity contribution in [2.75, 3.05) is 13.2 Å². The summed E-state index contributed by atoms with van der Waals surface area (Å²) in [5, 5.41) is 63.1. The van der Waals surface area contributed by atoms with E-state index in [1.807, 2.05) is 0 Å². The molecule has 336 valence electrons. The molecular weight excluding hydrogens is 808 g/mol. The normalized spacial score (nSPS) is 53.4. The maximum absolute atomic E-state index is 17.1. The van der Waals surface area contributed by atoms with Crippen molar-refractivity contribution >= 4 is 23.1 Å². The van der Waals surface area contributed by atoms with Crippen molar-refractivity contribution in [3.63, 3.8) is 0 Å². The maximum Gasteiger partial charge on any atom is 0.193 e. The fraction of sp³-hybridized carbons (Fsp3) is 0.733. The van der Waals surface area contributed by atoms with Crippen LogP contribution in [0.25, 0.3) is 0 Å². The summed E-state index contributed by atoms with van der Waals surface area (Å²) in [6.45, 7) is 7.78. The highest BCUT2D eigenvalue weighted by Gasteiger charge is 2.81. The van der Waals surface area contributed by atoms with E-state index in [0.29, 0.717) is 0 Å². The second kappa shape index (κ2) is 13.5. The molecule has 7 fully saturated rings. The number of carbonyl (C=O) groups is 4. The van der Waals surface area contributed by atoms with E-state index in [4.69, 9.17) is 9.47 Å². The van der Waals surface area contributed by atoms with E-state index < -0.39 is 147 Å². The van der Waals surface area contributed by atoms with Gasteiger partial charge in [0.1, 0.15) is 25.6 Å². The van der Waals surface area contributed by atoms with Gasteiger partial charge in [0.25, 0.3) is 0 Å². The first-order valence-electron chi connectivity index (χ1n) is 21.1. The van der Waals surface area contributed by atoms with Crippen molar-refractivity contribution in [3.05, 3.63) is 47.6 Å². The fourth-order valence-electron chi connectivity index (χ4n) is 14.8. The van der Waals surface area contributed by atoms with Gasteiger partial charge in [0, 0.05) is 33.5 Å². The topological polar surface area (TPSA) is 208 Å².